The molecule has 0 saturated heterocycles. The number of carbonyl (C=O) groups is 1. The second-order valence-electron chi connectivity index (χ2n) is 4.17. The summed E-state index contributed by atoms with van der Waals surface area (Å²) in [6.45, 7) is 1.95. The molecule has 0 radical (unpaired) electrons. The Morgan fingerprint density at radius 1 is 1.26 bits per heavy atom. The van der Waals surface area contributed by atoms with Crippen LogP contribution in [0.2, 0.25) is 0 Å². The van der Waals surface area contributed by atoms with Crippen LogP contribution in [-0.4, -0.2) is 29.4 Å². The van der Waals surface area contributed by atoms with Crippen molar-refractivity contribution in [3.8, 4) is 5.75 Å². The van der Waals surface area contributed by atoms with E-state index in [4.69, 9.17) is 9.84 Å². The zero-order valence-electron chi connectivity index (χ0n) is 10.7. The lowest BCUT2D eigenvalue weighted by molar-refractivity contribution is 0.0523. The Balaban J connectivity index is 2.65. The van der Waals surface area contributed by atoms with Crippen LogP contribution in [0.5, 0.6) is 5.75 Å². The number of esters is 1. The minimum absolute atomic E-state index is 0.0168. The van der Waals surface area contributed by atoms with Crippen LogP contribution in [0.25, 0.3) is 10.8 Å². The molecule has 4 heteroatoms. The van der Waals surface area contributed by atoms with E-state index in [0.29, 0.717) is 11.8 Å². The molecule has 0 spiro atoms. The molecule has 0 unspecified atom stereocenters. The van der Waals surface area contributed by atoms with Gasteiger partial charge in [-0.15, -0.1) is 0 Å². The smallest absolute Gasteiger partial charge is 0.341 e. The zero-order valence-corrected chi connectivity index (χ0v) is 10.7. The highest BCUT2D eigenvalue weighted by molar-refractivity contribution is 6.02. The van der Waals surface area contributed by atoms with Crippen molar-refractivity contribution in [1.82, 2.24) is 0 Å². The Hall–Kier alpha value is -2.07. The molecule has 2 N–H and O–H groups in total. The van der Waals surface area contributed by atoms with Crippen molar-refractivity contribution < 1.29 is 19.7 Å². The van der Waals surface area contributed by atoms with Gasteiger partial charge < -0.3 is 14.9 Å². The minimum Gasteiger partial charge on any atom is -0.506 e. The summed E-state index contributed by atoms with van der Waals surface area (Å²) >= 11 is 0. The Labute approximate surface area is 111 Å². The molecule has 2 aromatic carbocycles. The number of aromatic hydroxyl groups is 1. The van der Waals surface area contributed by atoms with E-state index in [0.717, 1.165) is 10.9 Å². The van der Waals surface area contributed by atoms with Gasteiger partial charge in [-0.1, -0.05) is 24.3 Å². The number of hydrogen-bond acceptors (Lipinski definition) is 4. The van der Waals surface area contributed by atoms with Gasteiger partial charge in [0.05, 0.1) is 6.61 Å². The molecular weight excluding hydrogens is 244 g/mol. The van der Waals surface area contributed by atoms with Crippen molar-refractivity contribution in [3.05, 3.63) is 41.5 Å². The fourth-order valence-corrected chi connectivity index (χ4v) is 2.13. The SMILES string of the molecule is CCOC(=O)c1cc(CCO)c2ccccc2c1O. The number of aliphatic hydroxyl groups is 1. The fraction of sp³-hybridized carbons (Fsp3) is 0.267. The molecule has 2 aromatic rings. The number of aliphatic hydroxyl groups excluding tert-OH is 1. The normalized spacial score (nSPS) is 10.6. The van der Waals surface area contributed by atoms with Gasteiger partial charge >= 0.3 is 5.97 Å². The van der Waals surface area contributed by atoms with Gasteiger partial charge in [0.15, 0.2) is 0 Å². The van der Waals surface area contributed by atoms with Crippen LogP contribution in [0, 0.1) is 0 Å². The second-order valence-corrected chi connectivity index (χ2v) is 4.17. The van der Waals surface area contributed by atoms with Crippen molar-refractivity contribution in [1.29, 1.82) is 0 Å². The molecule has 0 bridgehead atoms. The standard InChI is InChI=1S/C15H16O4/c1-2-19-15(18)13-9-10(7-8-16)11-5-3-4-6-12(11)14(13)17/h3-6,9,16-17H,2,7-8H2,1H3. The van der Waals surface area contributed by atoms with E-state index in [-0.39, 0.29) is 24.5 Å². The van der Waals surface area contributed by atoms with Gasteiger partial charge in [0.25, 0.3) is 0 Å². The molecule has 0 saturated carbocycles. The third-order valence-electron chi connectivity index (χ3n) is 2.98. The lowest BCUT2D eigenvalue weighted by Crippen LogP contribution is -2.06. The summed E-state index contributed by atoms with van der Waals surface area (Å²) in [5, 5.41) is 20.7. The number of fused-ring (bicyclic) bond motifs is 1. The monoisotopic (exact) mass is 260 g/mol. The summed E-state index contributed by atoms with van der Waals surface area (Å²) in [5.41, 5.74) is 0.961. The van der Waals surface area contributed by atoms with E-state index >= 15 is 0 Å². The number of benzene rings is 2. The average Bonchev–Trinajstić information content (AvgIpc) is 2.42. The van der Waals surface area contributed by atoms with Crippen LogP contribution >= 0.6 is 0 Å². The number of rotatable bonds is 4. The summed E-state index contributed by atoms with van der Waals surface area (Å²) in [7, 11) is 0. The topological polar surface area (TPSA) is 66.8 Å². The summed E-state index contributed by atoms with van der Waals surface area (Å²) < 4.78 is 4.93. The molecule has 0 aliphatic carbocycles. The van der Waals surface area contributed by atoms with E-state index in [1.165, 1.54) is 0 Å². The highest BCUT2D eigenvalue weighted by Gasteiger charge is 2.17. The van der Waals surface area contributed by atoms with Crippen molar-refractivity contribution in [2.75, 3.05) is 13.2 Å². The number of ether oxygens (including phenoxy) is 1. The maximum atomic E-state index is 11.8. The van der Waals surface area contributed by atoms with Gasteiger partial charge in [-0.25, -0.2) is 4.79 Å². The first-order valence-electron chi connectivity index (χ1n) is 6.20. The second kappa shape index (κ2) is 5.71. The van der Waals surface area contributed by atoms with Crippen molar-refractivity contribution in [2.45, 2.75) is 13.3 Å². The van der Waals surface area contributed by atoms with Gasteiger partial charge in [0, 0.05) is 12.0 Å². The van der Waals surface area contributed by atoms with E-state index in [1.807, 2.05) is 12.1 Å². The molecule has 4 nitrogen and oxygen atoms in total. The summed E-state index contributed by atoms with van der Waals surface area (Å²) in [6.07, 6.45) is 0.424. The summed E-state index contributed by atoms with van der Waals surface area (Å²) in [4.78, 5) is 11.8. The molecule has 0 aliphatic heterocycles. The molecule has 0 amide bonds. The maximum Gasteiger partial charge on any atom is 0.341 e. The lowest BCUT2D eigenvalue weighted by atomic mass is 9.97. The first-order chi connectivity index (χ1) is 9.19. The Bertz CT molecular complexity index is 604. The third-order valence-corrected chi connectivity index (χ3v) is 2.98. The number of carbonyl (C=O) groups excluding carboxylic acids is 1. The summed E-state index contributed by atoms with van der Waals surface area (Å²) in [6, 6.07) is 8.83. The van der Waals surface area contributed by atoms with E-state index < -0.39 is 5.97 Å². The quantitative estimate of drug-likeness (QED) is 0.827. The Morgan fingerprint density at radius 2 is 1.95 bits per heavy atom. The van der Waals surface area contributed by atoms with Crippen molar-refractivity contribution >= 4 is 16.7 Å². The first-order valence-corrected chi connectivity index (χ1v) is 6.20. The molecule has 0 atom stereocenters. The van der Waals surface area contributed by atoms with Gasteiger partial charge in [-0.05, 0) is 30.4 Å². The van der Waals surface area contributed by atoms with Crippen LogP contribution < -0.4 is 0 Å². The van der Waals surface area contributed by atoms with Gasteiger partial charge in [-0.2, -0.15) is 0 Å². The van der Waals surface area contributed by atoms with Crippen LogP contribution in [0.15, 0.2) is 30.3 Å². The van der Waals surface area contributed by atoms with E-state index in [2.05, 4.69) is 0 Å². The largest absolute Gasteiger partial charge is 0.506 e. The van der Waals surface area contributed by atoms with E-state index in [9.17, 15) is 9.90 Å². The van der Waals surface area contributed by atoms with Crippen molar-refractivity contribution in [2.24, 2.45) is 0 Å². The first kappa shape index (κ1) is 13.4. The molecule has 100 valence electrons. The molecule has 0 aromatic heterocycles. The van der Waals surface area contributed by atoms with Gasteiger partial charge in [0.1, 0.15) is 11.3 Å². The number of phenols is 1. The highest BCUT2D eigenvalue weighted by atomic mass is 16.5. The summed E-state index contributed by atoms with van der Waals surface area (Å²) in [5.74, 6) is -0.624. The average molecular weight is 260 g/mol. The van der Waals surface area contributed by atoms with Crippen LogP contribution in [0.4, 0.5) is 0 Å². The van der Waals surface area contributed by atoms with Gasteiger partial charge in [0.2, 0.25) is 0 Å². The number of phenolic OH excluding ortho intramolecular Hbond substituents is 1. The predicted molar refractivity (Wildman–Crippen MR) is 72.4 cm³/mol. The highest BCUT2D eigenvalue weighted by Crippen LogP contribution is 2.32. The molecular formula is C15H16O4. The predicted octanol–water partition coefficient (Wildman–Crippen LogP) is 2.26. The minimum atomic E-state index is -0.551. The molecule has 0 fully saturated rings. The van der Waals surface area contributed by atoms with Crippen LogP contribution in [0.1, 0.15) is 22.8 Å². The molecule has 19 heavy (non-hydrogen) atoms. The van der Waals surface area contributed by atoms with Crippen LogP contribution in [0.3, 0.4) is 0 Å². The maximum absolute atomic E-state index is 11.8. The van der Waals surface area contributed by atoms with Gasteiger partial charge in [-0.3, -0.25) is 0 Å². The van der Waals surface area contributed by atoms with E-state index in [1.54, 1.807) is 25.1 Å². The molecule has 0 aliphatic rings. The fourth-order valence-electron chi connectivity index (χ4n) is 2.13. The Kier molecular flexibility index (Phi) is 4.02. The van der Waals surface area contributed by atoms with Crippen LogP contribution in [-0.2, 0) is 11.2 Å². The Morgan fingerprint density at radius 3 is 2.58 bits per heavy atom. The molecule has 0 heterocycles. The molecule has 2 rings (SSSR count). The third kappa shape index (κ3) is 2.53. The number of hydrogen-bond donors (Lipinski definition) is 2. The zero-order chi connectivity index (χ0) is 13.8. The lowest BCUT2D eigenvalue weighted by Gasteiger charge is -2.11. The van der Waals surface area contributed by atoms with Crippen molar-refractivity contribution in [3.63, 3.8) is 0 Å².